The molecule has 210 valence electrons. The van der Waals surface area contributed by atoms with Gasteiger partial charge in [0.2, 0.25) is 5.91 Å². The molecule has 4 rings (SSSR count). The molecule has 5 N–H and O–H groups in total. The van der Waals surface area contributed by atoms with Crippen LogP contribution >= 0.6 is 0 Å². The van der Waals surface area contributed by atoms with Crippen molar-refractivity contribution in [3.05, 3.63) is 108 Å². The summed E-state index contributed by atoms with van der Waals surface area (Å²) in [4.78, 5) is 36.9. The van der Waals surface area contributed by atoms with Crippen molar-refractivity contribution in [1.82, 2.24) is 0 Å². The van der Waals surface area contributed by atoms with E-state index in [1.807, 2.05) is 31.2 Å². The van der Waals surface area contributed by atoms with Crippen LogP contribution in [0.4, 0.5) is 21.9 Å². The zero-order valence-electron chi connectivity index (χ0n) is 23.0. The number of hydrogen-bond acceptors (Lipinski definition) is 6. The summed E-state index contributed by atoms with van der Waals surface area (Å²) in [6.45, 7) is 3.45. The second-order valence-electron chi connectivity index (χ2n) is 9.84. The third kappa shape index (κ3) is 7.51. The fourth-order valence-electron chi connectivity index (χ4n) is 4.58. The molecule has 2 amide bonds. The Balaban J connectivity index is 1.49. The summed E-state index contributed by atoms with van der Waals surface area (Å²) in [5.41, 5.74) is 8.72. The number of benzene rings is 4. The van der Waals surface area contributed by atoms with E-state index < -0.39 is 12.2 Å². The van der Waals surface area contributed by atoms with E-state index in [9.17, 15) is 19.5 Å². The summed E-state index contributed by atoms with van der Waals surface area (Å²) in [5, 5.41) is 17.3. The van der Waals surface area contributed by atoms with Crippen molar-refractivity contribution in [2.24, 2.45) is 5.92 Å². The molecule has 0 aliphatic rings. The molecule has 0 aliphatic carbocycles. The quantitative estimate of drug-likeness (QED) is 0.0934. The number of amides is 2. The Kier molecular flexibility index (Phi) is 9.37. The molecular weight excluding hydrogens is 518 g/mol. The van der Waals surface area contributed by atoms with Crippen LogP contribution in [0.3, 0.4) is 0 Å². The van der Waals surface area contributed by atoms with Crippen LogP contribution < -0.4 is 16.4 Å². The summed E-state index contributed by atoms with van der Waals surface area (Å²) in [6.07, 6.45) is 3.10. The van der Waals surface area contributed by atoms with E-state index >= 15 is 0 Å². The molecular formula is C33H33N3O5. The van der Waals surface area contributed by atoms with Crippen LogP contribution in [0.15, 0.2) is 97.1 Å². The monoisotopic (exact) mass is 551 g/mol. The number of carbonyl (C=O) groups excluding carboxylic acids is 3. The first-order chi connectivity index (χ1) is 19.7. The van der Waals surface area contributed by atoms with E-state index in [0.717, 1.165) is 10.9 Å². The number of aromatic hydroxyl groups is 1. The molecule has 0 spiro atoms. The van der Waals surface area contributed by atoms with E-state index in [4.69, 9.17) is 10.5 Å². The number of hydrogen-bond donors (Lipinski definition) is 4. The van der Waals surface area contributed by atoms with Crippen molar-refractivity contribution >= 4 is 45.6 Å². The smallest absolute Gasteiger partial charge is 0.412 e. The van der Waals surface area contributed by atoms with Gasteiger partial charge in [-0.1, -0.05) is 55.5 Å². The van der Waals surface area contributed by atoms with Gasteiger partial charge in [-0.2, -0.15) is 0 Å². The van der Waals surface area contributed by atoms with Gasteiger partial charge < -0.3 is 20.9 Å². The van der Waals surface area contributed by atoms with Crippen molar-refractivity contribution in [3.8, 4) is 5.75 Å². The third-order valence-electron chi connectivity index (χ3n) is 6.81. The molecule has 0 bridgehead atoms. The number of para-hydroxylation sites is 2. The first-order valence-electron chi connectivity index (χ1n) is 13.3. The Hall–Kier alpha value is -5.11. The number of anilines is 3. The lowest BCUT2D eigenvalue weighted by Gasteiger charge is -2.26. The fourth-order valence-corrected chi connectivity index (χ4v) is 4.58. The van der Waals surface area contributed by atoms with E-state index in [2.05, 4.69) is 10.6 Å². The molecule has 4 aromatic carbocycles. The predicted octanol–water partition coefficient (Wildman–Crippen LogP) is 7.23. The summed E-state index contributed by atoms with van der Waals surface area (Å²) in [5.74, 6) is -0.365. The maximum atomic E-state index is 13.0. The summed E-state index contributed by atoms with van der Waals surface area (Å²) in [7, 11) is 0. The Morgan fingerprint density at radius 3 is 2.29 bits per heavy atom. The Bertz CT molecular complexity index is 1580. The number of carbonyl (C=O) groups is 3. The van der Waals surface area contributed by atoms with Crippen LogP contribution in [0.25, 0.3) is 10.8 Å². The zero-order valence-corrected chi connectivity index (χ0v) is 23.0. The Morgan fingerprint density at radius 2 is 1.59 bits per heavy atom. The zero-order chi connectivity index (χ0) is 29.4. The first kappa shape index (κ1) is 28.9. The predicted molar refractivity (Wildman–Crippen MR) is 162 cm³/mol. The van der Waals surface area contributed by atoms with E-state index in [1.165, 1.54) is 13.0 Å². The lowest BCUT2D eigenvalue weighted by atomic mass is 9.89. The van der Waals surface area contributed by atoms with Gasteiger partial charge in [0, 0.05) is 22.2 Å². The van der Waals surface area contributed by atoms with Crippen LogP contribution in [0.5, 0.6) is 5.75 Å². The summed E-state index contributed by atoms with van der Waals surface area (Å²) in [6, 6.07) is 24.4. The minimum absolute atomic E-state index is 0.0667. The normalized spacial score (nSPS) is 12.5. The third-order valence-corrected chi connectivity index (χ3v) is 6.81. The number of allylic oxidation sites excluding steroid dienone is 1. The Morgan fingerprint density at radius 1 is 0.902 bits per heavy atom. The molecule has 0 aromatic heterocycles. The molecule has 0 fully saturated rings. The second kappa shape index (κ2) is 13.3. The van der Waals surface area contributed by atoms with Gasteiger partial charge in [0.1, 0.15) is 11.9 Å². The summed E-state index contributed by atoms with van der Waals surface area (Å²) < 4.78 is 5.98. The van der Waals surface area contributed by atoms with Gasteiger partial charge in [0.05, 0.1) is 11.4 Å². The number of nitrogen functional groups attached to an aromatic ring is 1. The second-order valence-corrected chi connectivity index (χ2v) is 9.84. The highest BCUT2D eigenvalue weighted by Gasteiger charge is 2.26. The van der Waals surface area contributed by atoms with E-state index in [-0.39, 0.29) is 23.4 Å². The van der Waals surface area contributed by atoms with Gasteiger partial charge in [-0.3, -0.25) is 14.9 Å². The highest BCUT2D eigenvalue weighted by Crippen LogP contribution is 2.37. The first-order valence-corrected chi connectivity index (χ1v) is 13.3. The molecule has 8 heteroatoms. The topological polar surface area (TPSA) is 131 Å². The van der Waals surface area contributed by atoms with Gasteiger partial charge >= 0.3 is 6.09 Å². The van der Waals surface area contributed by atoms with Crippen LogP contribution in [0.2, 0.25) is 0 Å². The molecule has 0 aliphatic heterocycles. The lowest BCUT2D eigenvalue weighted by molar-refractivity contribution is -0.111. The SMILES string of the molecule is CC(=O)c1ccc(NC(=O)O[C@@H](c2ccc(O)c3ccccc23)[C@@H](C)CC/C=C/C(=O)Nc2ccccc2N)cc1. The molecule has 4 aromatic rings. The van der Waals surface area contributed by atoms with Crippen molar-refractivity contribution in [3.63, 3.8) is 0 Å². The largest absolute Gasteiger partial charge is 0.507 e. The highest BCUT2D eigenvalue weighted by atomic mass is 16.6. The number of nitrogens with two attached hydrogens (primary N) is 1. The van der Waals surface area contributed by atoms with Crippen molar-refractivity contribution in [2.45, 2.75) is 32.8 Å². The lowest BCUT2D eigenvalue weighted by Crippen LogP contribution is -2.22. The van der Waals surface area contributed by atoms with Gasteiger partial charge in [-0.15, -0.1) is 0 Å². The molecule has 2 atom stereocenters. The number of fused-ring (bicyclic) bond motifs is 1. The molecule has 0 radical (unpaired) electrons. The van der Waals surface area contributed by atoms with Gasteiger partial charge in [0.25, 0.3) is 0 Å². The number of phenolic OH excluding ortho intramolecular Hbond substituents is 1. The van der Waals surface area contributed by atoms with Gasteiger partial charge in [-0.25, -0.2) is 4.79 Å². The average Bonchev–Trinajstić information content (AvgIpc) is 2.96. The van der Waals surface area contributed by atoms with E-state index in [1.54, 1.807) is 66.7 Å². The molecule has 0 heterocycles. The van der Waals surface area contributed by atoms with Crippen LogP contribution in [0, 0.1) is 5.92 Å². The van der Waals surface area contributed by atoms with Crippen LogP contribution in [-0.4, -0.2) is 22.9 Å². The van der Waals surface area contributed by atoms with Crippen LogP contribution in [0.1, 0.15) is 48.7 Å². The Labute approximate surface area is 238 Å². The molecule has 8 nitrogen and oxygen atoms in total. The summed E-state index contributed by atoms with van der Waals surface area (Å²) >= 11 is 0. The van der Waals surface area contributed by atoms with E-state index in [0.29, 0.717) is 40.9 Å². The van der Waals surface area contributed by atoms with Gasteiger partial charge in [-0.05, 0) is 79.6 Å². The van der Waals surface area contributed by atoms with Crippen LogP contribution in [-0.2, 0) is 9.53 Å². The van der Waals surface area contributed by atoms with Crippen molar-refractivity contribution in [1.29, 1.82) is 0 Å². The molecule has 0 unspecified atom stereocenters. The minimum Gasteiger partial charge on any atom is -0.507 e. The number of nitrogens with one attached hydrogen (secondary N) is 2. The highest BCUT2D eigenvalue weighted by molar-refractivity contribution is 6.01. The number of Topliss-reactive ketones (excluding diaryl/α,β-unsaturated/α-hetero) is 1. The number of ether oxygens (including phenoxy) is 1. The molecule has 0 saturated carbocycles. The van der Waals surface area contributed by atoms with Crippen molar-refractivity contribution < 1.29 is 24.2 Å². The standard InChI is InChI=1S/C33H33N3O5/c1-21(9-3-8-14-31(39)36-29-13-7-6-12-28(29)34)32(27-19-20-30(38)26-11-5-4-10-25(26)27)41-33(40)35-24-17-15-23(16-18-24)22(2)37/h4-8,10-21,32,38H,3,9,34H2,1-2H3,(H,35,40)(H,36,39)/b14-8+/t21-,32+/m0/s1. The van der Waals surface area contributed by atoms with Crippen molar-refractivity contribution in [2.75, 3.05) is 16.4 Å². The number of rotatable bonds is 10. The maximum absolute atomic E-state index is 13.0. The minimum atomic E-state index is -0.650. The molecule has 41 heavy (non-hydrogen) atoms. The molecule has 0 saturated heterocycles. The number of phenols is 1. The number of ketones is 1. The van der Waals surface area contributed by atoms with Gasteiger partial charge in [0.15, 0.2) is 5.78 Å². The fraction of sp³-hybridized carbons (Fsp3) is 0.182. The maximum Gasteiger partial charge on any atom is 0.412 e. The average molecular weight is 552 g/mol.